The molecule has 36 heavy (non-hydrogen) atoms. The Morgan fingerprint density at radius 1 is 0.889 bits per heavy atom. The molecule has 0 aliphatic rings. The first-order valence-corrected chi connectivity index (χ1v) is 11.4. The Morgan fingerprint density at radius 2 is 1.64 bits per heavy atom. The molecule has 3 aromatic carbocycles. The van der Waals surface area contributed by atoms with Crippen molar-refractivity contribution >= 4 is 33.7 Å². The van der Waals surface area contributed by atoms with Gasteiger partial charge >= 0.3 is 5.97 Å². The van der Waals surface area contributed by atoms with Gasteiger partial charge in [0, 0.05) is 17.2 Å². The molecule has 178 valence electrons. The second-order valence-corrected chi connectivity index (χ2v) is 8.27. The van der Waals surface area contributed by atoms with Gasteiger partial charge in [0.1, 0.15) is 18.4 Å². The summed E-state index contributed by atoms with van der Waals surface area (Å²) in [7, 11) is 0. The fraction of sp³-hybridized carbons (Fsp3) is 0.107. The number of aliphatic carboxylic acids is 1. The first-order valence-electron chi connectivity index (χ1n) is 11.4. The standard InChI is InChI=1S/C28H22N4O4/c33-27(23-16-29-32-25-8-4-2-6-22(23)25)31-26(28(34)35)15-18-9-13-21(14-10-18)36-17-20-12-11-19-5-1-3-7-24(19)30-20/h1-14,16,26H,15,17H2,(H,31,33)(H,34,35). The molecule has 8 heteroatoms. The lowest BCUT2D eigenvalue weighted by molar-refractivity contribution is -0.139. The summed E-state index contributed by atoms with van der Waals surface area (Å²) in [5.74, 6) is -1.01. The van der Waals surface area contributed by atoms with E-state index in [9.17, 15) is 14.7 Å². The molecule has 0 aliphatic carbocycles. The molecule has 2 N–H and O–H groups in total. The molecule has 0 fully saturated rings. The second kappa shape index (κ2) is 10.2. The summed E-state index contributed by atoms with van der Waals surface area (Å²) in [5.41, 5.74) is 3.30. The van der Waals surface area contributed by atoms with Crippen LogP contribution in [0.5, 0.6) is 5.75 Å². The number of hydrogen-bond acceptors (Lipinski definition) is 6. The number of fused-ring (bicyclic) bond motifs is 2. The number of nitrogens with one attached hydrogen (secondary N) is 1. The molecule has 5 aromatic rings. The van der Waals surface area contributed by atoms with E-state index in [4.69, 9.17) is 4.74 Å². The summed E-state index contributed by atoms with van der Waals surface area (Å²) in [6.07, 6.45) is 1.46. The van der Waals surface area contributed by atoms with E-state index in [1.807, 2.05) is 36.4 Å². The maximum Gasteiger partial charge on any atom is 0.326 e. The predicted molar refractivity (Wildman–Crippen MR) is 135 cm³/mol. The van der Waals surface area contributed by atoms with Crippen molar-refractivity contribution < 1.29 is 19.4 Å². The summed E-state index contributed by atoms with van der Waals surface area (Å²) in [6.45, 7) is 0.311. The number of carbonyl (C=O) groups is 2. The SMILES string of the molecule is O=C(NC(Cc1ccc(OCc2ccc3ccccc3n2)cc1)C(=O)O)c1cnnc2ccccc12. The molecule has 5 rings (SSSR count). The predicted octanol–water partition coefficient (Wildman–Crippen LogP) is 4.18. The van der Waals surface area contributed by atoms with E-state index in [2.05, 4.69) is 20.5 Å². The van der Waals surface area contributed by atoms with Crippen molar-refractivity contribution in [2.45, 2.75) is 19.1 Å². The number of ether oxygens (including phenoxy) is 1. The minimum absolute atomic E-state index is 0.115. The van der Waals surface area contributed by atoms with Crippen molar-refractivity contribution in [3.63, 3.8) is 0 Å². The van der Waals surface area contributed by atoms with Crippen LogP contribution < -0.4 is 10.1 Å². The highest BCUT2D eigenvalue weighted by atomic mass is 16.5. The fourth-order valence-electron chi connectivity index (χ4n) is 3.93. The molecule has 8 nitrogen and oxygen atoms in total. The van der Waals surface area contributed by atoms with Crippen molar-refractivity contribution in [3.8, 4) is 5.75 Å². The van der Waals surface area contributed by atoms with Gasteiger partial charge in [-0.3, -0.25) is 4.79 Å². The quantitative estimate of drug-likeness (QED) is 0.344. The van der Waals surface area contributed by atoms with Crippen LogP contribution in [0.4, 0.5) is 0 Å². The third kappa shape index (κ3) is 5.12. The molecule has 1 amide bonds. The van der Waals surface area contributed by atoms with Gasteiger partial charge in [-0.1, -0.05) is 54.6 Å². The Bertz CT molecular complexity index is 1550. The number of carboxylic acids is 1. The smallest absolute Gasteiger partial charge is 0.326 e. The lowest BCUT2D eigenvalue weighted by Gasteiger charge is -2.15. The normalized spacial score (nSPS) is 11.8. The third-order valence-corrected chi connectivity index (χ3v) is 5.80. The van der Waals surface area contributed by atoms with Crippen LogP contribution >= 0.6 is 0 Å². The molecule has 0 saturated heterocycles. The number of rotatable bonds is 8. The first kappa shape index (κ1) is 22.9. The Morgan fingerprint density at radius 3 is 2.44 bits per heavy atom. The number of benzene rings is 3. The Labute approximate surface area is 206 Å². The molecule has 0 saturated carbocycles. The van der Waals surface area contributed by atoms with Gasteiger partial charge in [0.25, 0.3) is 5.91 Å². The van der Waals surface area contributed by atoms with E-state index in [0.29, 0.717) is 23.3 Å². The molecule has 0 spiro atoms. The average molecular weight is 479 g/mol. The fourth-order valence-corrected chi connectivity index (χ4v) is 3.93. The van der Waals surface area contributed by atoms with E-state index in [1.54, 1.807) is 48.5 Å². The van der Waals surface area contributed by atoms with Crippen molar-refractivity contribution in [2.24, 2.45) is 0 Å². The monoisotopic (exact) mass is 478 g/mol. The number of carboxylic acid groups (broad SMARTS) is 1. The van der Waals surface area contributed by atoms with Gasteiger partial charge in [-0.25, -0.2) is 9.78 Å². The highest BCUT2D eigenvalue weighted by molar-refractivity contribution is 6.06. The second-order valence-electron chi connectivity index (χ2n) is 8.27. The molecule has 1 unspecified atom stereocenters. The van der Waals surface area contributed by atoms with Crippen LogP contribution in [0.15, 0.2) is 91.1 Å². The average Bonchev–Trinajstić information content (AvgIpc) is 2.91. The zero-order valence-corrected chi connectivity index (χ0v) is 19.2. The van der Waals surface area contributed by atoms with E-state index < -0.39 is 17.9 Å². The maximum atomic E-state index is 12.9. The highest BCUT2D eigenvalue weighted by Crippen LogP contribution is 2.18. The number of pyridine rings is 1. The van der Waals surface area contributed by atoms with Crippen LogP contribution in [-0.4, -0.2) is 38.2 Å². The number of amides is 1. The number of para-hydroxylation sites is 1. The van der Waals surface area contributed by atoms with Gasteiger partial charge in [0.05, 0.1) is 28.5 Å². The van der Waals surface area contributed by atoms with Gasteiger partial charge < -0.3 is 15.2 Å². The topological polar surface area (TPSA) is 114 Å². The molecular formula is C28H22N4O4. The molecule has 1 atom stereocenters. The van der Waals surface area contributed by atoms with Crippen LogP contribution in [0.2, 0.25) is 0 Å². The van der Waals surface area contributed by atoms with E-state index in [0.717, 1.165) is 22.2 Å². The van der Waals surface area contributed by atoms with Crippen LogP contribution in [0.25, 0.3) is 21.8 Å². The van der Waals surface area contributed by atoms with E-state index in [1.165, 1.54) is 6.20 Å². The highest BCUT2D eigenvalue weighted by Gasteiger charge is 2.22. The lowest BCUT2D eigenvalue weighted by Crippen LogP contribution is -2.42. The molecule has 0 aliphatic heterocycles. The van der Waals surface area contributed by atoms with E-state index in [-0.39, 0.29) is 12.0 Å². The third-order valence-electron chi connectivity index (χ3n) is 5.80. The number of carbonyl (C=O) groups excluding carboxylic acids is 1. The van der Waals surface area contributed by atoms with E-state index >= 15 is 0 Å². The summed E-state index contributed by atoms with van der Waals surface area (Å²) >= 11 is 0. The van der Waals surface area contributed by atoms with Gasteiger partial charge in [-0.05, 0) is 35.9 Å². The lowest BCUT2D eigenvalue weighted by atomic mass is 10.0. The largest absolute Gasteiger partial charge is 0.487 e. The first-order chi connectivity index (χ1) is 17.6. The molecular weight excluding hydrogens is 456 g/mol. The zero-order valence-electron chi connectivity index (χ0n) is 19.2. The van der Waals surface area contributed by atoms with Gasteiger partial charge in [0.15, 0.2) is 0 Å². The Hall–Kier alpha value is -4.85. The Balaban J connectivity index is 1.23. The van der Waals surface area contributed by atoms with Crippen LogP contribution in [0, 0.1) is 0 Å². The van der Waals surface area contributed by atoms with Crippen LogP contribution in [0.1, 0.15) is 21.6 Å². The summed E-state index contributed by atoms with van der Waals surface area (Å²) < 4.78 is 5.85. The minimum Gasteiger partial charge on any atom is -0.487 e. The minimum atomic E-state index is -1.13. The zero-order chi connectivity index (χ0) is 24.9. The van der Waals surface area contributed by atoms with Crippen molar-refractivity contribution in [2.75, 3.05) is 0 Å². The number of nitrogens with zero attached hydrogens (tertiary/aromatic N) is 3. The summed E-state index contributed by atoms with van der Waals surface area (Å²) in [5, 5.41) is 21.8. The maximum absolute atomic E-state index is 12.9. The van der Waals surface area contributed by atoms with Crippen molar-refractivity contribution in [3.05, 3.63) is 108 Å². The number of aromatic nitrogens is 3. The molecule has 2 aromatic heterocycles. The van der Waals surface area contributed by atoms with Gasteiger partial charge in [-0.15, -0.1) is 0 Å². The van der Waals surface area contributed by atoms with Gasteiger partial charge in [0.2, 0.25) is 0 Å². The molecule has 2 heterocycles. The summed E-state index contributed by atoms with van der Waals surface area (Å²) in [4.78, 5) is 29.3. The molecule has 0 radical (unpaired) electrons. The van der Waals surface area contributed by atoms with Crippen LogP contribution in [0.3, 0.4) is 0 Å². The van der Waals surface area contributed by atoms with Gasteiger partial charge in [-0.2, -0.15) is 10.2 Å². The van der Waals surface area contributed by atoms with Crippen molar-refractivity contribution in [1.82, 2.24) is 20.5 Å². The van der Waals surface area contributed by atoms with Crippen LogP contribution in [-0.2, 0) is 17.8 Å². The van der Waals surface area contributed by atoms with Crippen molar-refractivity contribution in [1.29, 1.82) is 0 Å². The molecule has 0 bridgehead atoms. The summed E-state index contributed by atoms with van der Waals surface area (Å²) in [6, 6.07) is 24.9. The Kier molecular flexibility index (Phi) is 6.48. The number of hydrogen-bond donors (Lipinski definition) is 2.